The van der Waals surface area contributed by atoms with Gasteiger partial charge < -0.3 is 5.32 Å². The second-order valence-electron chi connectivity index (χ2n) is 3.70. The number of hydrogen-bond donors (Lipinski definition) is 1. The van der Waals surface area contributed by atoms with Crippen LogP contribution in [0.1, 0.15) is 18.9 Å². The summed E-state index contributed by atoms with van der Waals surface area (Å²) in [6, 6.07) is 7.71. The molecule has 0 aliphatic rings. The molecule has 0 spiro atoms. The highest BCUT2D eigenvalue weighted by Gasteiger charge is 2.09. The molecule has 0 aromatic heterocycles. The van der Waals surface area contributed by atoms with Crippen molar-refractivity contribution in [2.24, 2.45) is 0 Å². The van der Waals surface area contributed by atoms with Crippen LogP contribution in [0, 0.1) is 0 Å². The fourth-order valence-electron chi connectivity index (χ4n) is 1.48. The first-order chi connectivity index (χ1) is 7.63. The number of alkyl halides is 1. The first-order valence-electron chi connectivity index (χ1n) is 5.22. The molecule has 1 atom stereocenters. The van der Waals surface area contributed by atoms with Crippen LogP contribution in [-0.4, -0.2) is 17.8 Å². The molecule has 0 heterocycles. The molecule has 0 saturated heterocycles. The molecule has 2 nitrogen and oxygen atoms in total. The van der Waals surface area contributed by atoms with E-state index >= 15 is 0 Å². The van der Waals surface area contributed by atoms with Crippen LogP contribution in [0.2, 0.25) is 5.02 Å². The normalized spacial score (nSPS) is 12.2. The van der Waals surface area contributed by atoms with Gasteiger partial charge in [-0.1, -0.05) is 29.8 Å². The number of benzene rings is 1. The summed E-state index contributed by atoms with van der Waals surface area (Å²) in [6.07, 6.45) is 1.09. The monoisotopic (exact) mass is 259 g/mol. The van der Waals surface area contributed by atoms with Gasteiger partial charge in [-0.15, -0.1) is 11.6 Å². The minimum absolute atomic E-state index is 0.0189. The molecule has 1 aromatic rings. The van der Waals surface area contributed by atoms with Crippen molar-refractivity contribution in [1.29, 1.82) is 0 Å². The van der Waals surface area contributed by atoms with Gasteiger partial charge in [-0.3, -0.25) is 4.79 Å². The molecule has 1 amide bonds. The highest BCUT2D eigenvalue weighted by Crippen LogP contribution is 2.16. The fourth-order valence-corrected chi connectivity index (χ4v) is 1.86. The maximum Gasteiger partial charge on any atom is 0.221 e. The SMILES string of the molecule is CC(Cc1ccccc1Cl)NC(=O)CCCl. The van der Waals surface area contributed by atoms with E-state index in [-0.39, 0.29) is 11.9 Å². The summed E-state index contributed by atoms with van der Waals surface area (Å²) < 4.78 is 0. The highest BCUT2D eigenvalue weighted by atomic mass is 35.5. The molecule has 1 unspecified atom stereocenters. The number of hydrogen-bond acceptors (Lipinski definition) is 1. The van der Waals surface area contributed by atoms with Crippen molar-refractivity contribution >= 4 is 29.1 Å². The minimum Gasteiger partial charge on any atom is -0.353 e. The van der Waals surface area contributed by atoms with Gasteiger partial charge in [0.05, 0.1) is 0 Å². The van der Waals surface area contributed by atoms with E-state index in [9.17, 15) is 4.79 Å². The fraction of sp³-hybridized carbons (Fsp3) is 0.417. The molecule has 0 fully saturated rings. The Kier molecular flexibility index (Phi) is 5.64. The van der Waals surface area contributed by atoms with E-state index < -0.39 is 0 Å². The van der Waals surface area contributed by atoms with Gasteiger partial charge >= 0.3 is 0 Å². The van der Waals surface area contributed by atoms with Gasteiger partial charge in [0.2, 0.25) is 5.91 Å². The Morgan fingerprint density at radius 1 is 1.44 bits per heavy atom. The molecule has 4 heteroatoms. The summed E-state index contributed by atoms with van der Waals surface area (Å²) in [7, 11) is 0. The van der Waals surface area contributed by atoms with Crippen molar-refractivity contribution in [3.63, 3.8) is 0 Å². The summed E-state index contributed by atoms with van der Waals surface area (Å²) in [5, 5.41) is 3.61. The second-order valence-corrected chi connectivity index (χ2v) is 4.49. The van der Waals surface area contributed by atoms with Gasteiger partial charge in [0.15, 0.2) is 0 Å². The zero-order chi connectivity index (χ0) is 12.0. The quantitative estimate of drug-likeness (QED) is 0.810. The van der Waals surface area contributed by atoms with Crippen molar-refractivity contribution in [2.75, 3.05) is 5.88 Å². The smallest absolute Gasteiger partial charge is 0.221 e. The lowest BCUT2D eigenvalue weighted by molar-refractivity contribution is -0.121. The van der Waals surface area contributed by atoms with Gasteiger partial charge in [-0.05, 0) is 25.0 Å². The Hall–Kier alpha value is -0.730. The number of halogens is 2. The lowest BCUT2D eigenvalue weighted by Crippen LogP contribution is -2.34. The molecule has 1 aromatic carbocycles. The topological polar surface area (TPSA) is 29.1 Å². The zero-order valence-electron chi connectivity index (χ0n) is 9.17. The minimum atomic E-state index is -0.0189. The standard InChI is InChI=1S/C12H15Cl2NO/c1-9(15-12(16)6-7-13)8-10-4-2-3-5-11(10)14/h2-5,9H,6-8H2,1H3,(H,15,16). The second kappa shape index (κ2) is 6.77. The summed E-state index contributed by atoms with van der Waals surface area (Å²) in [5.74, 6) is 0.333. The van der Waals surface area contributed by atoms with E-state index in [1.54, 1.807) is 0 Å². The van der Waals surface area contributed by atoms with Gasteiger partial charge in [0.25, 0.3) is 0 Å². The van der Waals surface area contributed by atoms with Crippen LogP contribution in [0.25, 0.3) is 0 Å². The number of carbonyl (C=O) groups excluding carboxylic acids is 1. The van der Waals surface area contributed by atoms with Crippen LogP contribution < -0.4 is 5.32 Å². The van der Waals surface area contributed by atoms with E-state index in [4.69, 9.17) is 23.2 Å². The molecule has 0 aliphatic carbocycles. The van der Waals surface area contributed by atoms with E-state index in [2.05, 4.69) is 5.32 Å². The number of amides is 1. The lowest BCUT2D eigenvalue weighted by Gasteiger charge is -2.14. The van der Waals surface area contributed by atoms with E-state index in [1.165, 1.54) is 0 Å². The molecular formula is C12H15Cl2NO. The summed E-state index contributed by atoms with van der Waals surface area (Å²) in [6.45, 7) is 1.95. The van der Waals surface area contributed by atoms with Crippen molar-refractivity contribution in [2.45, 2.75) is 25.8 Å². The van der Waals surface area contributed by atoms with Crippen molar-refractivity contribution in [3.8, 4) is 0 Å². The Bertz CT molecular complexity index is 355. The largest absolute Gasteiger partial charge is 0.353 e. The van der Waals surface area contributed by atoms with E-state index in [0.29, 0.717) is 12.3 Å². The Morgan fingerprint density at radius 2 is 2.12 bits per heavy atom. The maximum absolute atomic E-state index is 11.3. The van der Waals surface area contributed by atoms with Crippen LogP contribution in [0.5, 0.6) is 0 Å². The van der Waals surface area contributed by atoms with Crippen LogP contribution >= 0.6 is 23.2 Å². The summed E-state index contributed by atoms with van der Waals surface area (Å²) >= 11 is 11.5. The number of carbonyl (C=O) groups is 1. The van der Waals surface area contributed by atoms with E-state index in [0.717, 1.165) is 17.0 Å². The Balaban J connectivity index is 2.48. The molecular weight excluding hydrogens is 245 g/mol. The molecule has 16 heavy (non-hydrogen) atoms. The van der Waals surface area contributed by atoms with Crippen LogP contribution in [0.15, 0.2) is 24.3 Å². The third-order valence-corrected chi connectivity index (χ3v) is 2.77. The van der Waals surface area contributed by atoms with Crippen molar-refractivity contribution in [3.05, 3.63) is 34.9 Å². The third-order valence-electron chi connectivity index (χ3n) is 2.21. The number of rotatable bonds is 5. The van der Waals surface area contributed by atoms with Gasteiger partial charge in [-0.25, -0.2) is 0 Å². The Labute approximate surface area is 106 Å². The maximum atomic E-state index is 11.3. The molecule has 0 bridgehead atoms. The van der Waals surface area contributed by atoms with Gasteiger partial charge in [-0.2, -0.15) is 0 Å². The molecule has 0 saturated carbocycles. The zero-order valence-corrected chi connectivity index (χ0v) is 10.7. The lowest BCUT2D eigenvalue weighted by atomic mass is 10.1. The van der Waals surface area contributed by atoms with Gasteiger partial charge in [0.1, 0.15) is 0 Å². The first kappa shape index (κ1) is 13.3. The average molecular weight is 260 g/mol. The molecule has 0 radical (unpaired) electrons. The number of nitrogens with one attached hydrogen (secondary N) is 1. The summed E-state index contributed by atoms with van der Waals surface area (Å²) in [5.41, 5.74) is 1.04. The molecule has 1 N–H and O–H groups in total. The van der Waals surface area contributed by atoms with Crippen LogP contribution in [-0.2, 0) is 11.2 Å². The first-order valence-corrected chi connectivity index (χ1v) is 6.13. The highest BCUT2D eigenvalue weighted by molar-refractivity contribution is 6.31. The molecule has 1 rings (SSSR count). The predicted molar refractivity (Wildman–Crippen MR) is 68.1 cm³/mol. The predicted octanol–water partition coefficient (Wildman–Crippen LogP) is 3.02. The van der Waals surface area contributed by atoms with Crippen molar-refractivity contribution in [1.82, 2.24) is 5.32 Å². The molecule has 0 aliphatic heterocycles. The van der Waals surface area contributed by atoms with Crippen LogP contribution in [0.4, 0.5) is 0 Å². The summed E-state index contributed by atoms with van der Waals surface area (Å²) in [4.78, 5) is 11.3. The van der Waals surface area contributed by atoms with E-state index in [1.807, 2.05) is 31.2 Å². The average Bonchev–Trinajstić information content (AvgIpc) is 2.21. The van der Waals surface area contributed by atoms with Gasteiger partial charge in [0, 0.05) is 23.4 Å². The van der Waals surface area contributed by atoms with Crippen molar-refractivity contribution < 1.29 is 4.79 Å². The van der Waals surface area contributed by atoms with Crippen LogP contribution in [0.3, 0.4) is 0 Å². The Morgan fingerprint density at radius 3 is 2.75 bits per heavy atom. The third kappa shape index (κ3) is 4.42. The molecule has 88 valence electrons.